The molecule has 0 unspecified atom stereocenters. The predicted molar refractivity (Wildman–Crippen MR) is 54.9 cm³/mol. The Balaban J connectivity index is 2.02. The van der Waals surface area contributed by atoms with Crippen molar-refractivity contribution in [3.8, 4) is 0 Å². The van der Waals surface area contributed by atoms with Crippen molar-refractivity contribution in [1.82, 2.24) is 0 Å². The molecular formula is C12H20O2. The summed E-state index contributed by atoms with van der Waals surface area (Å²) < 4.78 is 0. The van der Waals surface area contributed by atoms with Crippen LogP contribution < -0.4 is 0 Å². The number of hydrogen-bond donors (Lipinski definition) is 1. The SMILES string of the molecule is O=C1CCCCC[C@H]1[C@@H]1CCC[C@H]1O. The van der Waals surface area contributed by atoms with Crippen LogP contribution in [0.5, 0.6) is 0 Å². The fourth-order valence-electron chi connectivity index (χ4n) is 3.08. The van der Waals surface area contributed by atoms with Crippen LogP contribution in [0, 0.1) is 11.8 Å². The van der Waals surface area contributed by atoms with E-state index < -0.39 is 0 Å². The lowest BCUT2D eigenvalue weighted by Gasteiger charge is -2.23. The van der Waals surface area contributed by atoms with E-state index >= 15 is 0 Å². The summed E-state index contributed by atoms with van der Waals surface area (Å²) in [4.78, 5) is 11.8. The number of aliphatic hydroxyl groups is 1. The molecule has 0 aliphatic heterocycles. The third-order valence-corrected chi connectivity index (χ3v) is 3.90. The average Bonchev–Trinajstić information content (AvgIpc) is 2.46. The maximum Gasteiger partial charge on any atom is 0.136 e. The second kappa shape index (κ2) is 4.43. The molecule has 0 spiro atoms. The summed E-state index contributed by atoms with van der Waals surface area (Å²) in [7, 11) is 0. The van der Waals surface area contributed by atoms with Crippen molar-refractivity contribution in [3.05, 3.63) is 0 Å². The van der Waals surface area contributed by atoms with Gasteiger partial charge in [-0.05, 0) is 31.6 Å². The first-order valence-corrected chi connectivity index (χ1v) is 6.00. The zero-order chi connectivity index (χ0) is 9.97. The highest BCUT2D eigenvalue weighted by molar-refractivity contribution is 5.81. The van der Waals surface area contributed by atoms with Gasteiger partial charge in [-0.2, -0.15) is 0 Å². The molecular weight excluding hydrogens is 176 g/mol. The van der Waals surface area contributed by atoms with Crippen molar-refractivity contribution in [2.24, 2.45) is 11.8 Å². The first kappa shape index (κ1) is 10.2. The van der Waals surface area contributed by atoms with Crippen LogP contribution >= 0.6 is 0 Å². The summed E-state index contributed by atoms with van der Waals surface area (Å²) in [5.41, 5.74) is 0. The lowest BCUT2D eigenvalue weighted by atomic mass is 9.83. The van der Waals surface area contributed by atoms with Crippen LogP contribution in [0.4, 0.5) is 0 Å². The minimum absolute atomic E-state index is 0.190. The normalized spacial score (nSPS) is 39.8. The molecule has 0 saturated heterocycles. The Morgan fingerprint density at radius 3 is 2.57 bits per heavy atom. The van der Waals surface area contributed by atoms with Gasteiger partial charge < -0.3 is 5.11 Å². The summed E-state index contributed by atoms with van der Waals surface area (Å²) in [6.45, 7) is 0. The number of rotatable bonds is 1. The van der Waals surface area contributed by atoms with Crippen molar-refractivity contribution in [3.63, 3.8) is 0 Å². The standard InChI is InChI=1S/C12H20O2/c13-11-7-3-1-2-5-9(11)10-6-4-8-12(10)14/h9-10,12,14H,1-8H2/t9-,10-,12+/m0/s1. The molecule has 3 atom stereocenters. The number of aliphatic hydroxyl groups excluding tert-OH is 1. The van der Waals surface area contributed by atoms with Crippen LogP contribution in [-0.4, -0.2) is 17.0 Å². The highest BCUT2D eigenvalue weighted by Gasteiger charge is 2.36. The number of ketones is 1. The van der Waals surface area contributed by atoms with Crippen molar-refractivity contribution in [2.45, 2.75) is 57.5 Å². The number of Topliss-reactive ketones (excluding diaryl/α,β-unsaturated/α-hetero) is 1. The van der Waals surface area contributed by atoms with E-state index in [1.807, 2.05) is 0 Å². The van der Waals surface area contributed by atoms with Crippen molar-refractivity contribution < 1.29 is 9.90 Å². The monoisotopic (exact) mass is 196 g/mol. The van der Waals surface area contributed by atoms with E-state index in [4.69, 9.17) is 0 Å². The van der Waals surface area contributed by atoms with Crippen LogP contribution in [0.2, 0.25) is 0 Å². The van der Waals surface area contributed by atoms with Crippen LogP contribution in [0.3, 0.4) is 0 Å². The third kappa shape index (κ3) is 2.00. The largest absolute Gasteiger partial charge is 0.393 e. The van der Waals surface area contributed by atoms with Crippen LogP contribution in [0.15, 0.2) is 0 Å². The molecule has 0 aromatic rings. The van der Waals surface area contributed by atoms with Gasteiger partial charge in [-0.15, -0.1) is 0 Å². The maximum absolute atomic E-state index is 11.8. The third-order valence-electron chi connectivity index (χ3n) is 3.90. The van der Waals surface area contributed by atoms with E-state index in [1.165, 1.54) is 12.8 Å². The van der Waals surface area contributed by atoms with E-state index in [-0.39, 0.29) is 12.0 Å². The van der Waals surface area contributed by atoms with Gasteiger partial charge in [0, 0.05) is 12.3 Å². The Morgan fingerprint density at radius 1 is 1.00 bits per heavy atom. The summed E-state index contributed by atoms with van der Waals surface area (Å²) >= 11 is 0. The molecule has 2 rings (SSSR count). The van der Waals surface area contributed by atoms with Gasteiger partial charge in [0.05, 0.1) is 6.10 Å². The van der Waals surface area contributed by atoms with Crippen molar-refractivity contribution in [2.75, 3.05) is 0 Å². The van der Waals surface area contributed by atoms with E-state index in [2.05, 4.69) is 0 Å². The summed E-state index contributed by atoms with van der Waals surface area (Å²) in [5, 5.41) is 9.80. The Kier molecular flexibility index (Phi) is 3.22. The molecule has 0 aromatic carbocycles. The molecule has 2 fully saturated rings. The quantitative estimate of drug-likeness (QED) is 0.653. The molecule has 1 N–H and O–H groups in total. The second-order valence-corrected chi connectivity index (χ2v) is 4.83. The Hall–Kier alpha value is -0.370. The molecule has 2 heteroatoms. The van der Waals surface area contributed by atoms with E-state index in [0.717, 1.165) is 38.5 Å². The molecule has 2 nitrogen and oxygen atoms in total. The van der Waals surface area contributed by atoms with Gasteiger partial charge >= 0.3 is 0 Å². The van der Waals surface area contributed by atoms with Gasteiger partial charge in [0.25, 0.3) is 0 Å². The highest BCUT2D eigenvalue weighted by Crippen LogP contribution is 2.37. The highest BCUT2D eigenvalue weighted by atomic mass is 16.3. The van der Waals surface area contributed by atoms with Gasteiger partial charge in [-0.25, -0.2) is 0 Å². The van der Waals surface area contributed by atoms with Crippen molar-refractivity contribution in [1.29, 1.82) is 0 Å². The number of carbonyl (C=O) groups is 1. The number of carbonyl (C=O) groups excluding carboxylic acids is 1. The van der Waals surface area contributed by atoms with E-state index in [0.29, 0.717) is 11.7 Å². The first-order valence-electron chi connectivity index (χ1n) is 6.00. The predicted octanol–water partition coefficient (Wildman–Crippen LogP) is 2.30. The van der Waals surface area contributed by atoms with Gasteiger partial charge in [0.1, 0.15) is 5.78 Å². The molecule has 0 aromatic heterocycles. The Labute approximate surface area is 85.7 Å². The lowest BCUT2D eigenvalue weighted by Crippen LogP contribution is -2.28. The molecule has 0 radical (unpaired) electrons. The molecule has 2 aliphatic carbocycles. The first-order chi connectivity index (χ1) is 6.79. The average molecular weight is 196 g/mol. The summed E-state index contributed by atoms with van der Waals surface area (Å²) in [6.07, 6.45) is 8.13. The second-order valence-electron chi connectivity index (χ2n) is 4.83. The van der Waals surface area contributed by atoms with Gasteiger partial charge in [0.15, 0.2) is 0 Å². The minimum atomic E-state index is -0.193. The molecule has 0 amide bonds. The van der Waals surface area contributed by atoms with Crippen molar-refractivity contribution >= 4 is 5.78 Å². The smallest absolute Gasteiger partial charge is 0.136 e. The Bertz CT molecular complexity index is 212. The van der Waals surface area contributed by atoms with Gasteiger partial charge in [-0.3, -0.25) is 4.79 Å². The molecule has 80 valence electrons. The zero-order valence-corrected chi connectivity index (χ0v) is 8.74. The summed E-state index contributed by atoms with van der Waals surface area (Å²) in [5.74, 6) is 0.907. The fraction of sp³-hybridized carbons (Fsp3) is 0.917. The fourth-order valence-corrected chi connectivity index (χ4v) is 3.08. The van der Waals surface area contributed by atoms with Crippen LogP contribution in [0.1, 0.15) is 51.4 Å². The van der Waals surface area contributed by atoms with Crippen LogP contribution in [-0.2, 0) is 4.79 Å². The number of hydrogen-bond acceptors (Lipinski definition) is 2. The van der Waals surface area contributed by atoms with E-state index in [9.17, 15) is 9.90 Å². The Morgan fingerprint density at radius 2 is 1.86 bits per heavy atom. The molecule has 0 bridgehead atoms. The molecule has 14 heavy (non-hydrogen) atoms. The molecule has 2 saturated carbocycles. The van der Waals surface area contributed by atoms with Gasteiger partial charge in [0.2, 0.25) is 0 Å². The van der Waals surface area contributed by atoms with E-state index in [1.54, 1.807) is 0 Å². The lowest BCUT2D eigenvalue weighted by molar-refractivity contribution is -0.125. The molecule has 0 heterocycles. The minimum Gasteiger partial charge on any atom is -0.393 e. The molecule has 2 aliphatic rings. The van der Waals surface area contributed by atoms with Gasteiger partial charge in [-0.1, -0.05) is 19.3 Å². The maximum atomic E-state index is 11.8. The van der Waals surface area contributed by atoms with Crippen LogP contribution in [0.25, 0.3) is 0 Å². The summed E-state index contributed by atoms with van der Waals surface area (Å²) in [6, 6.07) is 0. The zero-order valence-electron chi connectivity index (χ0n) is 8.74. The topological polar surface area (TPSA) is 37.3 Å².